The van der Waals surface area contributed by atoms with Crippen LogP contribution in [0.15, 0.2) is 77.1 Å². The number of allylic oxidation sites excluding steroid dienone is 1. The molecule has 0 aliphatic carbocycles. The van der Waals surface area contributed by atoms with E-state index in [-0.39, 0.29) is 6.04 Å². The number of nitrogens with one attached hydrogen (secondary N) is 1. The predicted molar refractivity (Wildman–Crippen MR) is 106 cm³/mol. The average molecular weight is 371 g/mol. The van der Waals surface area contributed by atoms with Crippen molar-refractivity contribution in [2.45, 2.75) is 6.04 Å². The molecule has 2 nitrogen and oxygen atoms in total. The first-order valence-electron chi connectivity index (χ1n) is 7.58. The van der Waals surface area contributed by atoms with Crippen LogP contribution in [0.5, 0.6) is 0 Å². The molecule has 24 heavy (non-hydrogen) atoms. The van der Waals surface area contributed by atoms with Crippen LogP contribution >= 0.6 is 34.3 Å². The molecular formula is C19H15ClN2S2. The lowest BCUT2D eigenvalue weighted by atomic mass is 10.2. The molecule has 0 unspecified atom stereocenters. The Kier molecular flexibility index (Phi) is 4.43. The van der Waals surface area contributed by atoms with E-state index in [2.05, 4.69) is 63.7 Å². The highest BCUT2D eigenvalue weighted by molar-refractivity contribution is 7.10. The van der Waals surface area contributed by atoms with E-state index in [1.165, 1.54) is 9.75 Å². The molecule has 0 fully saturated rings. The van der Waals surface area contributed by atoms with Gasteiger partial charge in [0.25, 0.3) is 0 Å². The average Bonchev–Trinajstić information content (AvgIpc) is 3.34. The second-order valence-corrected chi connectivity index (χ2v) is 7.78. The monoisotopic (exact) mass is 370 g/mol. The molecule has 3 aromatic rings. The van der Waals surface area contributed by atoms with Gasteiger partial charge in [-0.3, -0.25) is 10.4 Å². The van der Waals surface area contributed by atoms with E-state index in [9.17, 15) is 0 Å². The van der Waals surface area contributed by atoms with E-state index in [4.69, 9.17) is 11.6 Å². The van der Waals surface area contributed by atoms with Crippen LogP contribution in [0.25, 0.3) is 6.08 Å². The zero-order chi connectivity index (χ0) is 16.4. The fraction of sp³-hybridized carbons (Fsp3) is 0.0526. The molecule has 1 atom stereocenters. The summed E-state index contributed by atoms with van der Waals surface area (Å²) in [5.74, 6) is 0. The quantitative estimate of drug-likeness (QED) is 0.594. The van der Waals surface area contributed by atoms with Crippen LogP contribution in [0.2, 0.25) is 5.02 Å². The second-order valence-electron chi connectivity index (χ2n) is 5.39. The largest absolute Gasteiger partial charge is 0.298 e. The van der Waals surface area contributed by atoms with Crippen LogP contribution in [0.4, 0.5) is 5.69 Å². The first kappa shape index (κ1) is 15.5. The molecule has 0 saturated carbocycles. The molecule has 0 radical (unpaired) electrons. The van der Waals surface area contributed by atoms with Gasteiger partial charge in [0.15, 0.2) is 0 Å². The van der Waals surface area contributed by atoms with Crippen molar-refractivity contribution in [1.29, 1.82) is 0 Å². The molecule has 120 valence electrons. The van der Waals surface area contributed by atoms with Crippen LogP contribution in [0, 0.1) is 0 Å². The summed E-state index contributed by atoms with van der Waals surface area (Å²) in [4.78, 5) is 2.55. The summed E-state index contributed by atoms with van der Waals surface area (Å²) in [7, 11) is 0. The summed E-state index contributed by atoms with van der Waals surface area (Å²) in [6.07, 6.45) is 6.52. The minimum Gasteiger partial charge on any atom is -0.298 e. The Morgan fingerprint density at radius 1 is 0.958 bits per heavy atom. The topological polar surface area (TPSA) is 15.3 Å². The smallest absolute Gasteiger partial charge is 0.105 e. The molecule has 2 aromatic heterocycles. The maximum absolute atomic E-state index is 6.03. The first-order valence-corrected chi connectivity index (χ1v) is 9.71. The van der Waals surface area contributed by atoms with Crippen molar-refractivity contribution < 1.29 is 0 Å². The lowest BCUT2D eigenvalue weighted by Gasteiger charge is -2.26. The molecule has 0 spiro atoms. The fourth-order valence-electron chi connectivity index (χ4n) is 2.64. The van der Waals surface area contributed by atoms with Crippen molar-refractivity contribution in [3.8, 4) is 0 Å². The number of hydrogen-bond acceptors (Lipinski definition) is 4. The minimum atomic E-state index is 0.175. The number of benzene rings is 1. The summed E-state index contributed by atoms with van der Waals surface area (Å²) in [6, 6.07) is 16.5. The van der Waals surface area contributed by atoms with Crippen LogP contribution in [0.1, 0.15) is 15.8 Å². The van der Waals surface area contributed by atoms with Crippen LogP contribution in [0.3, 0.4) is 0 Å². The van der Waals surface area contributed by atoms with Gasteiger partial charge in [-0.2, -0.15) is 0 Å². The Bertz CT molecular complexity index is 849. The van der Waals surface area contributed by atoms with E-state index in [0.717, 1.165) is 16.4 Å². The highest BCUT2D eigenvalue weighted by Crippen LogP contribution is 2.35. The molecule has 1 aromatic carbocycles. The molecule has 0 saturated heterocycles. The molecule has 1 aliphatic rings. The number of nitrogens with zero attached hydrogens (tertiary/aromatic N) is 1. The molecule has 0 amide bonds. The first-order chi connectivity index (χ1) is 11.8. The molecule has 3 heterocycles. The Hall–Kier alpha value is -2.01. The van der Waals surface area contributed by atoms with Gasteiger partial charge in [-0.25, -0.2) is 0 Å². The number of halogens is 1. The van der Waals surface area contributed by atoms with Crippen molar-refractivity contribution in [3.05, 3.63) is 91.9 Å². The van der Waals surface area contributed by atoms with Gasteiger partial charge in [0, 0.05) is 14.8 Å². The molecule has 4 rings (SSSR count). The van der Waals surface area contributed by atoms with Gasteiger partial charge >= 0.3 is 0 Å². The molecule has 1 N–H and O–H groups in total. The lowest BCUT2D eigenvalue weighted by Crippen LogP contribution is -2.33. The van der Waals surface area contributed by atoms with Crippen LogP contribution in [-0.4, -0.2) is 0 Å². The number of anilines is 1. The normalized spacial score (nSPS) is 17.3. The van der Waals surface area contributed by atoms with Gasteiger partial charge in [0.05, 0.1) is 11.4 Å². The molecule has 0 bridgehead atoms. The maximum Gasteiger partial charge on any atom is 0.105 e. The Morgan fingerprint density at radius 3 is 2.46 bits per heavy atom. The third-order valence-corrected chi connectivity index (χ3v) is 5.81. The van der Waals surface area contributed by atoms with Crippen molar-refractivity contribution in [2.24, 2.45) is 0 Å². The highest BCUT2D eigenvalue weighted by atomic mass is 35.5. The van der Waals surface area contributed by atoms with Gasteiger partial charge in [-0.05, 0) is 65.4 Å². The Labute approximate surface area is 154 Å². The predicted octanol–water partition coefficient (Wildman–Crippen LogP) is 6.13. The van der Waals surface area contributed by atoms with E-state index < -0.39 is 0 Å². The third-order valence-electron chi connectivity index (χ3n) is 3.77. The maximum atomic E-state index is 6.03. The van der Waals surface area contributed by atoms with E-state index in [0.29, 0.717) is 0 Å². The summed E-state index contributed by atoms with van der Waals surface area (Å²) in [5.41, 5.74) is 5.69. The summed E-state index contributed by atoms with van der Waals surface area (Å²) >= 11 is 9.53. The third kappa shape index (κ3) is 3.26. The van der Waals surface area contributed by atoms with Crippen LogP contribution in [-0.2, 0) is 0 Å². The van der Waals surface area contributed by atoms with Crippen molar-refractivity contribution in [3.63, 3.8) is 0 Å². The van der Waals surface area contributed by atoms with Gasteiger partial charge in [-0.1, -0.05) is 23.7 Å². The van der Waals surface area contributed by atoms with Crippen LogP contribution < -0.4 is 10.4 Å². The number of hydrogen-bond donors (Lipinski definition) is 1. The molecule has 5 heteroatoms. The summed E-state index contributed by atoms with van der Waals surface area (Å²) in [6.45, 7) is 0. The van der Waals surface area contributed by atoms with Gasteiger partial charge in [-0.15, -0.1) is 22.7 Å². The lowest BCUT2D eigenvalue weighted by molar-refractivity contribution is 0.718. The number of thiophene rings is 2. The molecule has 1 aliphatic heterocycles. The zero-order valence-electron chi connectivity index (χ0n) is 12.7. The van der Waals surface area contributed by atoms with Crippen molar-refractivity contribution in [1.82, 2.24) is 5.43 Å². The SMILES string of the molecule is Clc1ccc(N2NC(/C=C/c3cccs3)=C[C@@H]2c2cccs2)cc1. The van der Waals surface area contributed by atoms with E-state index in [1.54, 1.807) is 22.7 Å². The summed E-state index contributed by atoms with van der Waals surface area (Å²) in [5, 5.41) is 7.13. The molecular weight excluding hydrogens is 356 g/mol. The standard InChI is InChI=1S/C19H15ClN2S2/c20-14-5-8-16(9-6-14)22-18(19-4-2-12-24-19)13-15(21-22)7-10-17-3-1-11-23-17/h1-13,18,21H/b10-7+/t18-/m1/s1. The van der Waals surface area contributed by atoms with E-state index in [1.807, 2.05) is 24.3 Å². The van der Waals surface area contributed by atoms with Crippen molar-refractivity contribution >= 4 is 46.0 Å². The minimum absolute atomic E-state index is 0.175. The van der Waals surface area contributed by atoms with Gasteiger partial charge in [0.1, 0.15) is 6.04 Å². The highest BCUT2D eigenvalue weighted by Gasteiger charge is 2.26. The van der Waals surface area contributed by atoms with E-state index >= 15 is 0 Å². The number of rotatable bonds is 4. The zero-order valence-corrected chi connectivity index (χ0v) is 15.1. The second kappa shape index (κ2) is 6.85. The van der Waals surface area contributed by atoms with Gasteiger partial charge < -0.3 is 0 Å². The Balaban J connectivity index is 1.63. The Morgan fingerprint density at radius 2 is 1.75 bits per heavy atom. The fourth-order valence-corrected chi connectivity index (χ4v) is 4.17. The van der Waals surface area contributed by atoms with Crippen molar-refractivity contribution in [2.75, 3.05) is 5.01 Å². The van der Waals surface area contributed by atoms with Gasteiger partial charge in [0.2, 0.25) is 0 Å². The summed E-state index contributed by atoms with van der Waals surface area (Å²) < 4.78 is 0. The number of hydrazine groups is 1.